The van der Waals surface area contributed by atoms with Crippen LogP contribution in [-0.2, 0) is 9.59 Å². The molecule has 1 aromatic rings. The third-order valence-electron chi connectivity index (χ3n) is 2.72. The van der Waals surface area contributed by atoms with E-state index in [1.54, 1.807) is 0 Å². The van der Waals surface area contributed by atoms with Crippen LogP contribution in [0.4, 0.5) is 9.18 Å². The number of halogens is 1. The SMILES string of the molecule is CN1C(=O)C(=O)N(CC(=O)c2ccc(F)cc2)C1=O. The van der Waals surface area contributed by atoms with Gasteiger partial charge in [0.25, 0.3) is 0 Å². The molecule has 2 rings (SSSR count). The molecule has 1 aliphatic heterocycles. The van der Waals surface area contributed by atoms with Crippen molar-refractivity contribution < 1.29 is 23.6 Å². The minimum Gasteiger partial charge on any atom is -0.292 e. The Kier molecular flexibility index (Phi) is 3.12. The third kappa shape index (κ3) is 2.22. The number of Topliss-reactive ketones (excluding diaryl/α,β-unsaturated/α-hetero) is 1. The monoisotopic (exact) mass is 264 g/mol. The Morgan fingerprint density at radius 2 is 1.68 bits per heavy atom. The van der Waals surface area contributed by atoms with Gasteiger partial charge in [0.2, 0.25) is 0 Å². The number of benzene rings is 1. The van der Waals surface area contributed by atoms with E-state index in [1.807, 2.05) is 0 Å². The normalized spacial score (nSPS) is 15.4. The molecule has 1 heterocycles. The van der Waals surface area contributed by atoms with Crippen molar-refractivity contribution in [2.75, 3.05) is 13.6 Å². The van der Waals surface area contributed by atoms with Crippen LogP contribution in [0.25, 0.3) is 0 Å². The Balaban J connectivity index is 2.16. The first-order valence-electron chi connectivity index (χ1n) is 5.34. The van der Waals surface area contributed by atoms with Gasteiger partial charge in [-0.2, -0.15) is 0 Å². The van der Waals surface area contributed by atoms with Crippen LogP contribution in [0.2, 0.25) is 0 Å². The van der Waals surface area contributed by atoms with Crippen LogP contribution in [0.15, 0.2) is 24.3 Å². The van der Waals surface area contributed by atoms with E-state index < -0.39 is 36.0 Å². The molecule has 1 fully saturated rings. The van der Waals surface area contributed by atoms with Gasteiger partial charge >= 0.3 is 17.8 Å². The Bertz CT molecular complexity index is 582. The molecule has 6 nitrogen and oxygen atoms in total. The Labute approximate surface area is 107 Å². The first kappa shape index (κ1) is 12.9. The predicted molar refractivity (Wildman–Crippen MR) is 60.6 cm³/mol. The van der Waals surface area contributed by atoms with E-state index >= 15 is 0 Å². The topological polar surface area (TPSA) is 74.8 Å². The molecule has 98 valence electrons. The summed E-state index contributed by atoms with van der Waals surface area (Å²) in [6.07, 6.45) is 0. The van der Waals surface area contributed by atoms with Gasteiger partial charge in [-0.05, 0) is 24.3 Å². The number of rotatable bonds is 3. The van der Waals surface area contributed by atoms with Crippen molar-refractivity contribution in [3.8, 4) is 0 Å². The van der Waals surface area contributed by atoms with Gasteiger partial charge in [-0.3, -0.25) is 19.3 Å². The smallest absolute Gasteiger partial charge is 0.292 e. The van der Waals surface area contributed by atoms with Crippen molar-refractivity contribution in [2.45, 2.75) is 0 Å². The average Bonchev–Trinajstić information content (AvgIpc) is 2.57. The van der Waals surface area contributed by atoms with E-state index in [4.69, 9.17) is 0 Å². The summed E-state index contributed by atoms with van der Waals surface area (Å²) in [5, 5.41) is 0. The van der Waals surface area contributed by atoms with Gasteiger partial charge in [-0.25, -0.2) is 14.1 Å². The number of amides is 4. The number of hydrogen-bond donors (Lipinski definition) is 0. The maximum atomic E-state index is 12.7. The summed E-state index contributed by atoms with van der Waals surface area (Å²) < 4.78 is 12.7. The number of hydrogen-bond acceptors (Lipinski definition) is 4. The van der Waals surface area contributed by atoms with Crippen LogP contribution in [0.3, 0.4) is 0 Å². The fourth-order valence-corrected chi connectivity index (χ4v) is 1.62. The zero-order chi connectivity index (χ0) is 14.2. The largest absolute Gasteiger partial charge is 0.334 e. The second kappa shape index (κ2) is 4.60. The number of nitrogens with zero attached hydrogens (tertiary/aromatic N) is 2. The fourth-order valence-electron chi connectivity index (χ4n) is 1.62. The second-order valence-electron chi connectivity index (χ2n) is 3.97. The summed E-state index contributed by atoms with van der Waals surface area (Å²) in [5.41, 5.74) is 0.156. The molecule has 1 saturated heterocycles. The van der Waals surface area contributed by atoms with Crippen LogP contribution < -0.4 is 0 Å². The van der Waals surface area contributed by atoms with Gasteiger partial charge < -0.3 is 0 Å². The molecule has 4 amide bonds. The van der Waals surface area contributed by atoms with Crippen molar-refractivity contribution in [3.63, 3.8) is 0 Å². The summed E-state index contributed by atoms with van der Waals surface area (Å²) in [5.74, 6) is -3.07. The van der Waals surface area contributed by atoms with Gasteiger partial charge in [-0.15, -0.1) is 0 Å². The van der Waals surface area contributed by atoms with Gasteiger partial charge in [0, 0.05) is 12.6 Å². The number of urea groups is 1. The zero-order valence-electron chi connectivity index (χ0n) is 9.92. The first-order chi connectivity index (χ1) is 8.91. The van der Waals surface area contributed by atoms with Gasteiger partial charge in [0.1, 0.15) is 5.82 Å². The second-order valence-corrected chi connectivity index (χ2v) is 3.97. The summed E-state index contributed by atoms with van der Waals surface area (Å²) >= 11 is 0. The molecule has 1 aromatic carbocycles. The Morgan fingerprint density at radius 1 is 1.11 bits per heavy atom. The highest BCUT2D eigenvalue weighted by molar-refractivity contribution is 6.45. The van der Waals surface area contributed by atoms with Crippen LogP contribution in [-0.4, -0.2) is 47.0 Å². The van der Waals surface area contributed by atoms with Crippen molar-refractivity contribution in [1.82, 2.24) is 9.80 Å². The van der Waals surface area contributed by atoms with Gasteiger partial charge in [-0.1, -0.05) is 0 Å². The lowest BCUT2D eigenvalue weighted by molar-refractivity contribution is -0.142. The van der Waals surface area contributed by atoms with Crippen LogP contribution in [0, 0.1) is 5.82 Å². The molecule has 0 spiro atoms. The van der Waals surface area contributed by atoms with Crippen LogP contribution in [0.5, 0.6) is 0 Å². The van der Waals surface area contributed by atoms with Crippen molar-refractivity contribution in [1.29, 1.82) is 0 Å². The predicted octanol–water partition coefficient (Wildman–Crippen LogP) is 0.429. The summed E-state index contributed by atoms with van der Waals surface area (Å²) in [4.78, 5) is 47.3. The number of likely N-dealkylation sites (N-methyl/N-ethyl adjacent to an activating group) is 1. The maximum Gasteiger partial charge on any atom is 0.334 e. The minimum atomic E-state index is -1.04. The molecule has 19 heavy (non-hydrogen) atoms. The number of imide groups is 2. The molecule has 7 heteroatoms. The molecule has 0 saturated carbocycles. The van der Waals surface area contributed by atoms with Crippen molar-refractivity contribution >= 4 is 23.6 Å². The number of carbonyl (C=O) groups is 4. The van der Waals surface area contributed by atoms with Gasteiger partial charge in [0.05, 0.1) is 6.54 Å². The standard InChI is InChI=1S/C12H9FN2O4/c1-14-10(17)11(18)15(12(14)19)6-9(16)7-2-4-8(13)5-3-7/h2-5H,6H2,1H3. The molecule has 0 radical (unpaired) electrons. The number of carbonyl (C=O) groups excluding carboxylic acids is 4. The zero-order valence-corrected chi connectivity index (χ0v) is 9.92. The Hall–Kier alpha value is -2.57. The minimum absolute atomic E-state index is 0.156. The fraction of sp³-hybridized carbons (Fsp3) is 0.167. The highest BCUT2D eigenvalue weighted by Gasteiger charge is 2.42. The van der Waals surface area contributed by atoms with Gasteiger partial charge in [0.15, 0.2) is 5.78 Å². The van der Waals surface area contributed by atoms with E-state index in [0.29, 0.717) is 9.80 Å². The lowest BCUT2D eigenvalue weighted by Gasteiger charge is -2.11. The summed E-state index contributed by atoms with van der Waals surface area (Å²) in [6.45, 7) is -0.542. The number of ketones is 1. The van der Waals surface area contributed by atoms with Crippen molar-refractivity contribution in [2.24, 2.45) is 0 Å². The molecule has 0 atom stereocenters. The third-order valence-corrected chi connectivity index (χ3v) is 2.72. The lowest BCUT2D eigenvalue weighted by Crippen LogP contribution is -2.36. The lowest BCUT2D eigenvalue weighted by atomic mass is 10.1. The quantitative estimate of drug-likeness (QED) is 0.450. The van der Waals surface area contributed by atoms with E-state index in [9.17, 15) is 23.6 Å². The molecular weight excluding hydrogens is 255 g/mol. The summed E-state index contributed by atoms with van der Waals surface area (Å²) in [7, 11) is 1.16. The van der Waals surface area contributed by atoms with E-state index in [2.05, 4.69) is 0 Å². The highest BCUT2D eigenvalue weighted by atomic mass is 19.1. The molecule has 0 aliphatic carbocycles. The van der Waals surface area contributed by atoms with E-state index in [0.717, 1.165) is 19.2 Å². The molecule has 0 bridgehead atoms. The van der Waals surface area contributed by atoms with E-state index in [-0.39, 0.29) is 5.56 Å². The maximum absolute atomic E-state index is 12.7. The van der Waals surface area contributed by atoms with Crippen LogP contribution >= 0.6 is 0 Å². The Morgan fingerprint density at radius 3 is 2.16 bits per heavy atom. The molecular formula is C12H9FN2O4. The highest BCUT2D eigenvalue weighted by Crippen LogP contribution is 2.11. The molecule has 1 aliphatic rings. The first-order valence-corrected chi connectivity index (χ1v) is 5.34. The molecule has 0 unspecified atom stereocenters. The average molecular weight is 264 g/mol. The van der Waals surface area contributed by atoms with Crippen LogP contribution in [0.1, 0.15) is 10.4 Å². The van der Waals surface area contributed by atoms with Crippen molar-refractivity contribution in [3.05, 3.63) is 35.6 Å². The molecule has 0 N–H and O–H groups in total. The molecule has 0 aromatic heterocycles. The summed E-state index contributed by atoms with van der Waals surface area (Å²) in [6, 6.07) is 3.84. The van der Waals surface area contributed by atoms with E-state index in [1.165, 1.54) is 12.1 Å².